The van der Waals surface area contributed by atoms with Crippen LogP contribution in [0.3, 0.4) is 0 Å². The van der Waals surface area contributed by atoms with Crippen molar-refractivity contribution in [2.45, 2.75) is 209 Å². The summed E-state index contributed by atoms with van der Waals surface area (Å²) in [5.74, 6) is 0.724. The van der Waals surface area contributed by atoms with Gasteiger partial charge in [-0.05, 0) is 116 Å². The smallest absolute Gasteiger partial charge is 0.343 e. The van der Waals surface area contributed by atoms with Gasteiger partial charge in [0.2, 0.25) is 0 Å². The molecular formula is C78H106Cl2O12P2. The van der Waals surface area contributed by atoms with E-state index in [1.54, 1.807) is 52.7 Å². The van der Waals surface area contributed by atoms with Crippen LogP contribution in [0.1, 0.15) is 211 Å². The monoisotopic (exact) mass is 1370 g/mol. The lowest BCUT2D eigenvalue weighted by molar-refractivity contribution is -0.143. The van der Waals surface area contributed by atoms with Crippen molar-refractivity contribution in [1.29, 1.82) is 0 Å². The molecule has 0 saturated carbocycles. The van der Waals surface area contributed by atoms with Crippen LogP contribution in [0.4, 0.5) is 0 Å². The Hall–Kier alpha value is -5.90. The minimum Gasteiger partial charge on any atom is -0.496 e. The Morgan fingerprint density at radius 3 is 0.649 bits per heavy atom. The van der Waals surface area contributed by atoms with Crippen molar-refractivity contribution in [3.05, 3.63) is 127 Å². The normalized spacial score (nSPS) is 13.1. The Kier molecular flexibility index (Phi) is 22.3. The van der Waals surface area contributed by atoms with Crippen molar-refractivity contribution in [2.24, 2.45) is 0 Å². The molecule has 16 heteroatoms. The molecule has 0 bridgehead atoms. The molecule has 0 aromatic heterocycles. The van der Waals surface area contributed by atoms with Gasteiger partial charge in [-0.1, -0.05) is 189 Å². The topological polar surface area (TPSA) is 142 Å². The Morgan fingerprint density at radius 1 is 0.319 bits per heavy atom. The third-order valence-corrected chi connectivity index (χ3v) is 23.9. The van der Waals surface area contributed by atoms with E-state index in [9.17, 15) is 9.59 Å². The minimum atomic E-state index is -4.64. The fourth-order valence-electron chi connectivity index (χ4n) is 12.1. The number of hydrogen-bond acceptors (Lipinski definition) is 12. The molecule has 0 aliphatic rings. The molecule has 6 aromatic carbocycles. The van der Waals surface area contributed by atoms with Gasteiger partial charge >= 0.3 is 11.9 Å². The molecule has 0 atom stereocenters. The number of ether oxygens (including phenoxy) is 8. The second-order valence-corrected chi connectivity index (χ2v) is 39.1. The van der Waals surface area contributed by atoms with Gasteiger partial charge in [0.15, 0.2) is 27.5 Å². The molecule has 12 nitrogen and oxygen atoms in total. The van der Waals surface area contributed by atoms with Crippen LogP contribution in [0.15, 0.2) is 72.8 Å². The van der Waals surface area contributed by atoms with E-state index in [0.29, 0.717) is 44.2 Å². The summed E-state index contributed by atoms with van der Waals surface area (Å²) in [4.78, 5) is 27.5. The van der Waals surface area contributed by atoms with Crippen LogP contribution in [-0.4, -0.2) is 67.8 Å². The van der Waals surface area contributed by atoms with Crippen molar-refractivity contribution in [2.75, 3.05) is 55.9 Å². The van der Waals surface area contributed by atoms with E-state index in [1.165, 1.54) is 14.2 Å². The number of halogens is 2. The number of esters is 2. The fourth-order valence-corrected chi connectivity index (χ4v) is 18.4. The van der Waals surface area contributed by atoms with Crippen LogP contribution in [0.2, 0.25) is 10.0 Å². The quantitative estimate of drug-likeness (QED) is 0.0634. The summed E-state index contributed by atoms with van der Waals surface area (Å²) in [6.45, 7) is 48.8. The molecular weight excluding hydrogens is 1260 g/mol. The van der Waals surface area contributed by atoms with Crippen molar-refractivity contribution in [3.8, 4) is 45.6 Å². The summed E-state index contributed by atoms with van der Waals surface area (Å²) in [6, 6.07) is 22.4. The number of carbonyl (C=O) groups is 2. The highest BCUT2D eigenvalue weighted by molar-refractivity contribution is 7.86. The van der Waals surface area contributed by atoms with E-state index < -0.39 is 82.8 Å². The van der Waals surface area contributed by atoms with E-state index in [0.717, 1.165) is 44.5 Å². The van der Waals surface area contributed by atoms with Crippen LogP contribution in [0, 0.1) is 0 Å². The number of benzene rings is 6. The maximum atomic E-state index is 19.2. The lowest BCUT2D eigenvalue weighted by Crippen LogP contribution is -2.34. The molecule has 0 N–H and O–H groups in total. The first-order valence-electron chi connectivity index (χ1n) is 32.1. The molecule has 0 amide bonds. The first-order valence-corrected chi connectivity index (χ1v) is 36.2. The summed E-state index contributed by atoms with van der Waals surface area (Å²) in [5.41, 5.74) is 1.38. The first kappa shape index (κ1) is 77.1. The SMILES string of the molecule is COC(=O)COc1c(Cl)ccc(P(=O)(c2cc(C(C)(C)C)c(OC)c(C(C)(C)C)c2)c2cc(C(C)(C)C)c(OC)c(C(C)(C)C)c2)c1-c1c(P(=O)(c2cc(C(C)(C)C)c(OC)c(C(C)(C)C)c2)c2cc(C(C)(C)C)c(OC)c(C(C)(C)C)c2)ccc(Cl)c1OCC(=O)OC. The Morgan fingerprint density at radius 2 is 0.500 bits per heavy atom. The summed E-state index contributed by atoms with van der Waals surface area (Å²) in [6.07, 6.45) is 0. The molecule has 514 valence electrons. The lowest BCUT2D eigenvalue weighted by Gasteiger charge is -2.35. The molecule has 6 aromatic rings. The third kappa shape index (κ3) is 15.3. The summed E-state index contributed by atoms with van der Waals surface area (Å²) in [5, 5.41) is 1.81. The van der Waals surface area contributed by atoms with Gasteiger partial charge in [0.05, 0.1) is 52.7 Å². The second-order valence-electron chi connectivity index (χ2n) is 32.8. The molecule has 0 aliphatic carbocycles. The highest BCUT2D eigenvalue weighted by Crippen LogP contribution is 2.59. The average Bonchev–Trinajstić information content (AvgIpc) is 0.708. The molecule has 94 heavy (non-hydrogen) atoms. The fraction of sp³-hybridized carbons (Fsp3) is 0.513. The summed E-state index contributed by atoms with van der Waals surface area (Å²) < 4.78 is 88.4. The lowest BCUT2D eigenvalue weighted by atomic mass is 9.79. The van der Waals surface area contributed by atoms with Gasteiger partial charge in [0.25, 0.3) is 0 Å². The minimum absolute atomic E-state index is 0.00870. The Balaban J connectivity index is 2.21. The molecule has 0 spiro atoms. The number of carbonyl (C=O) groups excluding carboxylic acids is 2. The molecule has 0 saturated heterocycles. The molecule has 0 heterocycles. The van der Waals surface area contributed by atoms with Crippen molar-refractivity contribution < 1.29 is 56.6 Å². The van der Waals surface area contributed by atoms with E-state index in [2.05, 4.69) is 166 Å². The van der Waals surface area contributed by atoms with Crippen LogP contribution in [0.25, 0.3) is 11.1 Å². The number of hydrogen-bond donors (Lipinski definition) is 0. The van der Waals surface area contributed by atoms with Gasteiger partial charge in [0, 0.05) is 87.5 Å². The van der Waals surface area contributed by atoms with Gasteiger partial charge in [0.1, 0.15) is 34.5 Å². The largest absolute Gasteiger partial charge is 0.496 e. The molecule has 0 aliphatic heterocycles. The van der Waals surface area contributed by atoms with Gasteiger partial charge in [-0.3, -0.25) is 0 Å². The zero-order chi connectivity index (χ0) is 71.6. The van der Waals surface area contributed by atoms with Crippen molar-refractivity contribution >= 4 is 81.3 Å². The molecule has 6 rings (SSSR count). The van der Waals surface area contributed by atoms with Crippen LogP contribution in [-0.2, 0) is 71.5 Å². The van der Waals surface area contributed by atoms with Gasteiger partial charge in [-0.25, -0.2) is 9.59 Å². The van der Waals surface area contributed by atoms with Crippen molar-refractivity contribution in [1.82, 2.24) is 0 Å². The highest BCUT2D eigenvalue weighted by Gasteiger charge is 2.46. The average molecular weight is 1370 g/mol. The van der Waals surface area contributed by atoms with Gasteiger partial charge in [-0.2, -0.15) is 0 Å². The second kappa shape index (κ2) is 27.2. The predicted molar refractivity (Wildman–Crippen MR) is 392 cm³/mol. The maximum Gasteiger partial charge on any atom is 0.343 e. The third-order valence-electron chi connectivity index (χ3n) is 17.3. The van der Waals surface area contributed by atoms with Gasteiger partial charge in [-0.15, -0.1) is 0 Å². The van der Waals surface area contributed by atoms with Crippen molar-refractivity contribution in [3.63, 3.8) is 0 Å². The van der Waals surface area contributed by atoms with E-state index in [1.807, 2.05) is 48.5 Å². The predicted octanol–water partition coefficient (Wildman–Crippen LogP) is 17.5. The highest BCUT2D eigenvalue weighted by atomic mass is 35.5. The Bertz CT molecular complexity index is 3400. The summed E-state index contributed by atoms with van der Waals surface area (Å²) >= 11 is 15.4. The molecule has 0 unspecified atom stereocenters. The Labute approximate surface area is 572 Å². The molecule has 0 fully saturated rings. The maximum absolute atomic E-state index is 19.2. The first-order chi connectivity index (χ1) is 42.8. The zero-order valence-electron chi connectivity index (χ0n) is 61.9. The van der Waals surface area contributed by atoms with E-state index in [-0.39, 0.29) is 43.3 Å². The number of rotatable bonds is 17. The van der Waals surface area contributed by atoms with Crippen LogP contribution < -0.4 is 60.2 Å². The standard InChI is InChI=1S/C78H106Cl2O12P2/c1-71(2,3)49-35-45(36-50(65(49)87-27)72(4,5)6)93(83,46-37-51(73(7,8)9)66(88-28)52(38-46)74(10,11)12)59-33-31-57(79)69(91-43-61(81)85-25)63(59)64-60(34-32-58(80)70(64)92-44-62(82)86-26)94(84,47-39-53(75(13,14)15)67(89-29)54(40-47)76(16,17)18)48-41-55(77(19,20)21)68(90-30)56(42-48)78(22,23)24/h31-42H,43-44H2,1-30H3. The summed E-state index contributed by atoms with van der Waals surface area (Å²) in [7, 11) is -0.183. The zero-order valence-corrected chi connectivity index (χ0v) is 65.2. The van der Waals surface area contributed by atoms with E-state index >= 15 is 9.13 Å². The van der Waals surface area contributed by atoms with Crippen LogP contribution in [0.5, 0.6) is 34.5 Å². The van der Waals surface area contributed by atoms with Crippen LogP contribution >= 0.6 is 37.5 Å². The van der Waals surface area contributed by atoms with E-state index in [4.69, 9.17) is 61.1 Å². The van der Waals surface area contributed by atoms with Gasteiger partial charge < -0.3 is 47.0 Å². The molecule has 0 radical (unpaired) electrons. The number of methoxy groups -OCH3 is 6.